The molecule has 0 fully saturated rings. The van der Waals surface area contributed by atoms with Gasteiger partial charge in [-0.15, -0.1) is 0 Å². The fourth-order valence-corrected chi connectivity index (χ4v) is 1.37. The van der Waals surface area contributed by atoms with Crippen LogP contribution in [0.3, 0.4) is 0 Å². The molecular formula is C7H9ClN2O2. The van der Waals surface area contributed by atoms with E-state index in [2.05, 4.69) is 10.2 Å². The molecule has 0 atom stereocenters. The van der Waals surface area contributed by atoms with E-state index in [4.69, 9.17) is 16.7 Å². The summed E-state index contributed by atoms with van der Waals surface area (Å²) in [5, 5.41) is 15.0. The molecule has 1 rings (SSSR count). The largest absolute Gasteiger partial charge is 0.476 e. The summed E-state index contributed by atoms with van der Waals surface area (Å²) in [5.41, 5.74) is 0.569. The second-order valence-corrected chi connectivity index (χ2v) is 3.14. The van der Waals surface area contributed by atoms with Crippen molar-refractivity contribution in [1.82, 2.24) is 10.2 Å². The number of rotatable bonds is 2. The average molecular weight is 189 g/mol. The molecule has 0 saturated heterocycles. The third-order valence-electron chi connectivity index (χ3n) is 1.54. The number of carboxylic acid groups (broad SMARTS) is 1. The lowest BCUT2D eigenvalue weighted by atomic mass is 10.0. The number of hydrogen-bond acceptors (Lipinski definition) is 2. The molecule has 0 aromatic carbocycles. The number of carboxylic acids is 1. The predicted molar refractivity (Wildman–Crippen MR) is 44.6 cm³/mol. The zero-order chi connectivity index (χ0) is 9.30. The SMILES string of the molecule is CC(C)c1c(C(=O)O)n[nH]c1Cl. The molecule has 12 heavy (non-hydrogen) atoms. The average Bonchev–Trinajstić information content (AvgIpc) is 2.30. The summed E-state index contributed by atoms with van der Waals surface area (Å²) in [6.45, 7) is 3.73. The van der Waals surface area contributed by atoms with Crippen molar-refractivity contribution in [2.75, 3.05) is 0 Å². The van der Waals surface area contributed by atoms with Gasteiger partial charge in [0.25, 0.3) is 0 Å². The number of halogens is 1. The lowest BCUT2D eigenvalue weighted by molar-refractivity contribution is 0.0689. The van der Waals surface area contributed by atoms with Gasteiger partial charge in [-0.05, 0) is 5.92 Å². The zero-order valence-corrected chi connectivity index (χ0v) is 7.51. The summed E-state index contributed by atoms with van der Waals surface area (Å²) in [5.74, 6) is -0.996. The van der Waals surface area contributed by atoms with Crippen LogP contribution < -0.4 is 0 Å². The van der Waals surface area contributed by atoms with Crippen LogP contribution in [0.4, 0.5) is 0 Å². The van der Waals surface area contributed by atoms with Gasteiger partial charge in [-0.2, -0.15) is 5.10 Å². The van der Waals surface area contributed by atoms with Gasteiger partial charge < -0.3 is 5.11 Å². The van der Waals surface area contributed by atoms with Gasteiger partial charge in [-0.1, -0.05) is 25.4 Å². The Hall–Kier alpha value is -1.03. The predicted octanol–water partition coefficient (Wildman–Crippen LogP) is 1.88. The summed E-state index contributed by atoms with van der Waals surface area (Å²) in [6, 6.07) is 0. The van der Waals surface area contributed by atoms with Crippen molar-refractivity contribution in [3.63, 3.8) is 0 Å². The molecule has 0 radical (unpaired) electrons. The summed E-state index contributed by atoms with van der Waals surface area (Å²) in [6.07, 6.45) is 0. The van der Waals surface area contributed by atoms with Crippen molar-refractivity contribution in [3.8, 4) is 0 Å². The Bertz CT molecular complexity index is 306. The highest BCUT2D eigenvalue weighted by molar-refractivity contribution is 6.30. The van der Waals surface area contributed by atoms with Crippen molar-refractivity contribution in [1.29, 1.82) is 0 Å². The lowest BCUT2D eigenvalue weighted by Gasteiger charge is -2.02. The monoisotopic (exact) mass is 188 g/mol. The molecule has 0 unspecified atom stereocenters. The zero-order valence-electron chi connectivity index (χ0n) is 6.76. The third kappa shape index (κ3) is 1.43. The first-order chi connectivity index (χ1) is 5.54. The number of aromatic amines is 1. The molecular weight excluding hydrogens is 180 g/mol. The maximum absolute atomic E-state index is 10.6. The smallest absolute Gasteiger partial charge is 0.356 e. The molecule has 0 bridgehead atoms. The van der Waals surface area contributed by atoms with Gasteiger partial charge in [0.15, 0.2) is 5.69 Å². The van der Waals surface area contributed by atoms with E-state index < -0.39 is 5.97 Å². The Morgan fingerprint density at radius 3 is 2.58 bits per heavy atom. The first-order valence-electron chi connectivity index (χ1n) is 3.51. The van der Waals surface area contributed by atoms with E-state index in [-0.39, 0.29) is 11.6 Å². The highest BCUT2D eigenvalue weighted by atomic mass is 35.5. The maximum atomic E-state index is 10.6. The molecule has 0 aliphatic heterocycles. The van der Waals surface area contributed by atoms with Gasteiger partial charge in [-0.3, -0.25) is 5.10 Å². The molecule has 0 aliphatic carbocycles. The summed E-state index contributed by atoms with van der Waals surface area (Å²) in [4.78, 5) is 10.6. The van der Waals surface area contributed by atoms with Crippen LogP contribution in [-0.4, -0.2) is 21.3 Å². The number of nitrogens with zero attached hydrogens (tertiary/aromatic N) is 1. The fourth-order valence-electron chi connectivity index (χ4n) is 1.02. The van der Waals surface area contributed by atoms with Gasteiger partial charge in [0.05, 0.1) is 0 Å². The van der Waals surface area contributed by atoms with Gasteiger partial charge >= 0.3 is 5.97 Å². The van der Waals surface area contributed by atoms with Crippen LogP contribution in [-0.2, 0) is 0 Å². The minimum atomic E-state index is -1.05. The number of H-pyrrole nitrogens is 1. The van der Waals surface area contributed by atoms with Crippen molar-refractivity contribution >= 4 is 17.6 Å². The van der Waals surface area contributed by atoms with Crippen LogP contribution in [0.2, 0.25) is 5.15 Å². The van der Waals surface area contributed by atoms with Crippen LogP contribution in [0.1, 0.15) is 35.8 Å². The Balaban J connectivity index is 3.21. The van der Waals surface area contributed by atoms with Gasteiger partial charge in [0.1, 0.15) is 5.15 Å². The minimum absolute atomic E-state index is 0.00926. The quantitative estimate of drug-likeness (QED) is 0.745. The van der Waals surface area contributed by atoms with Gasteiger partial charge in [0.2, 0.25) is 0 Å². The van der Waals surface area contributed by atoms with E-state index in [1.54, 1.807) is 0 Å². The molecule has 2 N–H and O–H groups in total. The molecule has 1 aromatic rings. The van der Waals surface area contributed by atoms with E-state index in [1.807, 2.05) is 13.8 Å². The van der Waals surface area contributed by atoms with Crippen molar-refractivity contribution in [2.24, 2.45) is 0 Å². The number of hydrogen-bond donors (Lipinski definition) is 2. The van der Waals surface area contributed by atoms with Crippen LogP contribution in [0.25, 0.3) is 0 Å². The lowest BCUT2D eigenvalue weighted by Crippen LogP contribution is -2.02. The third-order valence-corrected chi connectivity index (χ3v) is 1.83. The summed E-state index contributed by atoms with van der Waals surface area (Å²) < 4.78 is 0. The fraction of sp³-hybridized carbons (Fsp3) is 0.429. The van der Waals surface area contributed by atoms with Crippen molar-refractivity contribution in [3.05, 3.63) is 16.4 Å². The van der Waals surface area contributed by atoms with Crippen molar-refractivity contribution < 1.29 is 9.90 Å². The molecule has 66 valence electrons. The van der Waals surface area contributed by atoms with E-state index in [0.717, 1.165) is 0 Å². The summed E-state index contributed by atoms with van der Waals surface area (Å²) in [7, 11) is 0. The normalized spacial score (nSPS) is 10.7. The van der Waals surface area contributed by atoms with Crippen molar-refractivity contribution in [2.45, 2.75) is 19.8 Å². The molecule has 4 nitrogen and oxygen atoms in total. The number of aromatic carboxylic acids is 1. The number of aromatic nitrogens is 2. The molecule has 1 aromatic heterocycles. The maximum Gasteiger partial charge on any atom is 0.356 e. The number of carbonyl (C=O) groups is 1. The second-order valence-electron chi connectivity index (χ2n) is 2.76. The Morgan fingerprint density at radius 2 is 2.25 bits per heavy atom. The number of nitrogens with one attached hydrogen (secondary N) is 1. The molecule has 0 saturated carbocycles. The minimum Gasteiger partial charge on any atom is -0.476 e. The van der Waals surface area contributed by atoms with Crippen LogP contribution in [0.15, 0.2) is 0 Å². The standard InChI is InChI=1S/C7H9ClN2O2/c1-3(2)4-5(7(11)12)9-10-6(4)8/h3H,1-2H3,(H,9,10)(H,11,12). The molecule has 0 amide bonds. The molecule has 1 heterocycles. The first-order valence-corrected chi connectivity index (χ1v) is 3.89. The Kier molecular flexibility index (Phi) is 2.38. The molecule has 0 spiro atoms. The first kappa shape index (κ1) is 9.06. The van der Waals surface area contributed by atoms with Gasteiger partial charge in [-0.25, -0.2) is 4.79 Å². The molecule has 0 aliphatic rings. The van der Waals surface area contributed by atoms with Crippen LogP contribution in [0, 0.1) is 0 Å². The Labute approximate surface area is 74.5 Å². The summed E-state index contributed by atoms with van der Waals surface area (Å²) >= 11 is 5.70. The Morgan fingerprint density at radius 1 is 1.67 bits per heavy atom. The van der Waals surface area contributed by atoms with E-state index in [1.165, 1.54) is 0 Å². The highest BCUT2D eigenvalue weighted by Crippen LogP contribution is 2.25. The molecule has 5 heteroatoms. The van der Waals surface area contributed by atoms with Crippen LogP contribution in [0.5, 0.6) is 0 Å². The van der Waals surface area contributed by atoms with E-state index in [9.17, 15) is 4.79 Å². The topological polar surface area (TPSA) is 66.0 Å². The van der Waals surface area contributed by atoms with Crippen LogP contribution >= 0.6 is 11.6 Å². The second kappa shape index (κ2) is 3.15. The van der Waals surface area contributed by atoms with Gasteiger partial charge in [0, 0.05) is 5.56 Å². The van der Waals surface area contributed by atoms with E-state index in [0.29, 0.717) is 10.7 Å². The van der Waals surface area contributed by atoms with E-state index >= 15 is 0 Å². The highest BCUT2D eigenvalue weighted by Gasteiger charge is 2.19.